The van der Waals surface area contributed by atoms with Crippen LogP contribution in [0.1, 0.15) is 213 Å². The predicted octanol–water partition coefficient (Wildman–Crippen LogP) is 17.9. The van der Waals surface area contributed by atoms with E-state index in [0.717, 1.165) is 96.3 Å². The van der Waals surface area contributed by atoms with Crippen molar-refractivity contribution in [3.05, 3.63) is 134 Å². The standard InChI is InChI=1S/C61H96O6/c1-4-7-10-13-16-19-22-25-27-29-30-32-33-36-39-42-45-48-51-54-60(63)66-57-58(56-65-59(62)53-50-47-44-41-38-35-24-21-18-15-12-9-6-3)67-61(64)55-52-49-46-43-40-37-34-31-28-26-23-20-17-14-11-8-5-2/h7,10,16-17,19-20,25-28,30,32,34-39,43-44,46-47,58H,4-6,8-9,11-15,18,21-24,29,31,33,40-42,45,48-57H2,1-3H3/b10-7+,19-16+,20-17+,27-25+,28-26+,32-30+,37-34+,38-35+,39-36+,46-43+,47-44+. The van der Waals surface area contributed by atoms with Crippen molar-refractivity contribution >= 4 is 17.9 Å². The van der Waals surface area contributed by atoms with Gasteiger partial charge in [0.05, 0.1) is 0 Å². The average molecular weight is 925 g/mol. The smallest absolute Gasteiger partial charge is 0.306 e. The molecular weight excluding hydrogens is 829 g/mol. The lowest BCUT2D eigenvalue weighted by molar-refractivity contribution is -0.166. The second kappa shape index (κ2) is 54.2. The van der Waals surface area contributed by atoms with E-state index in [-0.39, 0.29) is 38.0 Å². The van der Waals surface area contributed by atoms with Gasteiger partial charge in [-0.2, -0.15) is 0 Å². The number of hydrogen-bond acceptors (Lipinski definition) is 6. The van der Waals surface area contributed by atoms with Crippen LogP contribution in [0.5, 0.6) is 0 Å². The van der Waals surface area contributed by atoms with E-state index in [2.05, 4.69) is 148 Å². The van der Waals surface area contributed by atoms with Crippen molar-refractivity contribution in [2.75, 3.05) is 13.2 Å². The largest absolute Gasteiger partial charge is 0.462 e. The van der Waals surface area contributed by atoms with Crippen LogP contribution >= 0.6 is 0 Å². The number of rotatable bonds is 46. The summed E-state index contributed by atoms with van der Waals surface area (Å²) in [6, 6.07) is 0. The summed E-state index contributed by atoms with van der Waals surface area (Å²) >= 11 is 0. The lowest BCUT2D eigenvalue weighted by atomic mass is 10.1. The summed E-state index contributed by atoms with van der Waals surface area (Å²) in [4.78, 5) is 38.0. The van der Waals surface area contributed by atoms with Crippen molar-refractivity contribution in [1.82, 2.24) is 0 Å². The summed E-state index contributed by atoms with van der Waals surface area (Å²) in [5.41, 5.74) is 0. The van der Waals surface area contributed by atoms with E-state index in [1.807, 2.05) is 6.08 Å². The molecule has 0 heterocycles. The summed E-state index contributed by atoms with van der Waals surface area (Å²) < 4.78 is 16.7. The van der Waals surface area contributed by atoms with E-state index >= 15 is 0 Å². The number of unbranched alkanes of at least 4 members (excludes halogenated alkanes) is 13. The molecule has 0 aromatic heterocycles. The Bertz CT molecular complexity index is 1480. The van der Waals surface area contributed by atoms with E-state index in [4.69, 9.17) is 14.2 Å². The summed E-state index contributed by atoms with van der Waals surface area (Å²) in [5.74, 6) is -1.10. The van der Waals surface area contributed by atoms with Gasteiger partial charge in [0.1, 0.15) is 13.2 Å². The molecular formula is C61H96O6. The van der Waals surface area contributed by atoms with Gasteiger partial charge >= 0.3 is 17.9 Å². The first kappa shape index (κ1) is 62.5. The summed E-state index contributed by atoms with van der Waals surface area (Å²) in [6.45, 7) is 6.34. The van der Waals surface area contributed by atoms with Crippen LogP contribution in [0, 0.1) is 0 Å². The minimum absolute atomic E-state index is 0.139. The molecule has 6 nitrogen and oxygen atoms in total. The Hall–Kier alpha value is -4.45. The predicted molar refractivity (Wildman–Crippen MR) is 288 cm³/mol. The molecule has 0 aliphatic heterocycles. The van der Waals surface area contributed by atoms with Gasteiger partial charge in [0, 0.05) is 19.3 Å². The van der Waals surface area contributed by atoms with Gasteiger partial charge < -0.3 is 14.2 Å². The fourth-order valence-electron chi connectivity index (χ4n) is 6.63. The zero-order chi connectivity index (χ0) is 48.6. The highest BCUT2D eigenvalue weighted by atomic mass is 16.6. The van der Waals surface area contributed by atoms with Crippen molar-refractivity contribution in [3.8, 4) is 0 Å². The minimum Gasteiger partial charge on any atom is -0.462 e. The Balaban J connectivity index is 4.61. The van der Waals surface area contributed by atoms with Crippen molar-refractivity contribution in [3.63, 3.8) is 0 Å². The monoisotopic (exact) mass is 925 g/mol. The third kappa shape index (κ3) is 52.4. The zero-order valence-electron chi connectivity index (χ0n) is 42.9. The van der Waals surface area contributed by atoms with Gasteiger partial charge in [-0.05, 0) is 122 Å². The Morgan fingerprint density at radius 1 is 0.313 bits per heavy atom. The molecule has 0 rings (SSSR count). The van der Waals surface area contributed by atoms with E-state index in [1.54, 1.807) is 0 Å². The van der Waals surface area contributed by atoms with Crippen molar-refractivity contribution < 1.29 is 28.6 Å². The lowest BCUT2D eigenvalue weighted by Crippen LogP contribution is -2.30. The Morgan fingerprint density at radius 3 is 1.07 bits per heavy atom. The molecule has 0 radical (unpaired) electrons. The molecule has 0 N–H and O–H groups in total. The van der Waals surface area contributed by atoms with Gasteiger partial charge in [-0.25, -0.2) is 0 Å². The fraction of sp³-hybridized carbons (Fsp3) is 0.590. The molecule has 6 heteroatoms. The second-order valence-electron chi connectivity index (χ2n) is 17.0. The molecule has 0 fully saturated rings. The summed E-state index contributed by atoms with van der Waals surface area (Å²) in [6.07, 6.45) is 76.0. The Labute approximate surface area is 411 Å². The summed E-state index contributed by atoms with van der Waals surface area (Å²) in [7, 11) is 0. The third-order valence-corrected chi connectivity index (χ3v) is 10.6. The SMILES string of the molecule is CC/C=C/C/C=C/C/C=C/C/C=C/C/C=C/CCCCCC(=O)OCC(COC(=O)CC/C=C/C/C=C/CCCCCCCC)OC(=O)CCC/C=C/C/C=C/C/C=C/C/C=C/CCCCC. The van der Waals surface area contributed by atoms with Crippen molar-refractivity contribution in [2.24, 2.45) is 0 Å². The van der Waals surface area contributed by atoms with Crippen LogP contribution < -0.4 is 0 Å². The van der Waals surface area contributed by atoms with Gasteiger partial charge in [-0.15, -0.1) is 0 Å². The third-order valence-electron chi connectivity index (χ3n) is 10.6. The number of hydrogen-bond donors (Lipinski definition) is 0. The normalized spacial score (nSPS) is 13.2. The van der Waals surface area contributed by atoms with Crippen LogP contribution in [-0.4, -0.2) is 37.2 Å². The molecule has 0 saturated carbocycles. The highest BCUT2D eigenvalue weighted by Gasteiger charge is 2.19. The number of ether oxygens (including phenoxy) is 3. The van der Waals surface area contributed by atoms with E-state index in [1.165, 1.54) is 64.2 Å². The fourth-order valence-corrected chi connectivity index (χ4v) is 6.63. The molecule has 0 bridgehead atoms. The second-order valence-corrected chi connectivity index (χ2v) is 17.0. The minimum atomic E-state index is -0.848. The molecule has 67 heavy (non-hydrogen) atoms. The molecule has 1 atom stereocenters. The van der Waals surface area contributed by atoms with E-state index in [9.17, 15) is 14.4 Å². The first-order chi connectivity index (χ1) is 33.0. The zero-order valence-corrected chi connectivity index (χ0v) is 42.9. The molecule has 0 amide bonds. The molecule has 0 aliphatic carbocycles. The number of carbonyl (C=O) groups excluding carboxylic acids is 3. The van der Waals surface area contributed by atoms with Crippen LogP contribution in [0.2, 0.25) is 0 Å². The Morgan fingerprint density at radius 2 is 0.627 bits per heavy atom. The first-order valence-corrected chi connectivity index (χ1v) is 26.7. The van der Waals surface area contributed by atoms with E-state index in [0.29, 0.717) is 19.3 Å². The number of allylic oxidation sites excluding steroid dienone is 22. The maximum atomic E-state index is 12.8. The quantitative estimate of drug-likeness (QED) is 0.0262. The number of esters is 3. The average Bonchev–Trinajstić information content (AvgIpc) is 3.33. The van der Waals surface area contributed by atoms with Gasteiger partial charge in [-0.1, -0.05) is 206 Å². The van der Waals surface area contributed by atoms with Crippen molar-refractivity contribution in [1.29, 1.82) is 0 Å². The van der Waals surface area contributed by atoms with Crippen LogP contribution in [0.25, 0.3) is 0 Å². The highest BCUT2D eigenvalue weighted by molar-refractivity contribution is 5.71. The lowest BCUT2D eigenvalue weighted by Gasteiger charge is -2.18. The van der Waals surface area contributed by atoms with Crippen LogP contribution in [-0.2, 0) is 28.6 Å². The Kier molecular flexibility index (Phi) is 50.6. The molecule has 0 spiro atoms. The van der Waals surface area contributed by atoms with Crippen molar-refractivity contribution in [2.45, 2.75) is 219 Å². The molecule has 0 saturated heterocycles. The highest BCUT2D eigenvalue weighted by Crippen LogP contribution is 2.10. The van der Waals surface area contributed by atoms with Gasteiger partial charge in [0.2, 0.25) is 0 Å². The van der Waals surface area contributed by atoms with Crippen LogP contribution in [0.15, 0.2) is 134 Å². The molecule has 0 aliphatic rings. The summed E-state index contributed by atoms with van der Waals surface area (Å²) in [5, 5.41) is 0. The maximum Gasteiger partial charge on any atom is 0.306 e. The van der Waals surface area contributed by atoms with Gasteiger partial charge in [0.15, 0.2) is 6.10 Å². The van der Waals surface area contributed by atoms with Crippen LogP contribution in [0.4, 0.5) is 0 Å². The number of carbonyl (C=O) groups is 3. The van der Waals surface area contributed by atoms with Gasteiger partial charge in [0.25, 0.3) is 0 Å². The topological polar surface area (TPSA) is 78.9 Å². The molecule has 0 aromatic rings. The van der Waals surface area contributed by atoms with E-state index < -0.39 is 12.1 Å². The maximum absolute atomic E-state index is 12.8. The first-order valence-electron chi connectivity index (χ1n) is 26.7. The molecule has 0 aromatic carbocycles. The van der Waals surface area contributed by atoms with Crippen LogP contribution in [0.3, 0.4) is 0 Å². The van der Waals surface area contributed by atoms with Gasteiger partial charge in [-0.3, -0.25) is 14.4 Å². The molecule has 376 valence electrons. The molecule has 1 unspecified atom stereocenters.